The highest BCUT2D eigenvalue weighted by Gasteiger charge is 2.31. The molecule has 0 radical (unpaired) electrons. The summed E-state index contributed by atoms with van der Waals surface area (Å²) in [6.45, 7) is 1.50. The van der Waals surface area contributed by atoms with Gasteiger partial charge in [-0.3, -0.25) is 0 Å². The van der Waals surface area contributed by atoms with Crippen molar-refractivity contribution in [1.82, 2.24) is 4.98 Å². The van der Waals surface area contributed by atoms with Crippen LogP contribution in [0.5, 0.6) is 5.75 Å². The van der Waals surface area contributed by atoms with Crippen LogP contribution in [0.1, 0.15) is 30.7 Å². The van der Waals surface area contributed by atoms with Crippen molar-refractivity contribution in [1.29, 1.82) is 0 Å². The molecule has 0 saturated carbocycles. The van der Waals surface area contributed by atoms with Crippen LogP contribution in [-0.2, 0) is 16.3 Å². The highest BCUT2D eigenvalue weighted by atomic mass is 35.5. The van der Waals surface area contributed by atoms with Gasteiger partial charge in [0.25, 0.3) is 0 Å². The number of benzene rings is 2. The van der Waals surface area contributed by atoms with E-state index in [4.69, 9.17) is 20.8 Å². The summed E-state index contributed by atoms with van der Waals surface area (Å²) >= 11 is 5.93. The van der Waals surface area contributed by atoms with Gasteiger partial charge >= 0.3 is 0 Å². The summed E-state index contributed by atoms with van der Waals surface area (Å²) in [4.78, 5) is 6.56. The topological polar surface area (TPSA) is 72.6 Å². The maximum Gasteiger partial charge on any atom is 0.236 e. The van der Waals surface area contributed by atoms with Crippen LogP contribution >= 0.6 is 11.6 Å². The third-order valence-electron chi connectivity index (χ3n) is 5.16. The molecule has 0 amide bonds. The van der Waals surface area contributed by atoms with E-state index in [1.807, 2.05) is 29.2 Å². The fraction of sp³-hybridized carbons (Fsp3) is 0.318. The van der Waals surface area contributed by atoms with E-state index in [0.29, 0.717) is 23.2 Å². The number of halogens is 1. The Hall–Kier alpha value is -2.51. The van der Waals surface area contributed by atoms with Crippen molar-refractivity contribution in [2.24, 2.45) is 0 Å². The standard InChI is InChI=1S/C22H23ClN2O4S/c1-28-18-9-5-16(6-10-18)15-20-24-21(22(29-20)25-13-3-2-4-14-25)30(26,27)19-11-7-17(23)8-12-19/h5-12H,2-4,13-15H2,1H3. The average Bonchev–Trinajstić information content (AvgIpc) is 3.20. The Morgan fingerprint density at radius 1 is 1.03 bits per heavy atom. The van der Waals surface area contributed by atoms with Crippen molar-refractivity contribution in [3.8, 4) is 5.75 Å². The highest BCUT2D eigenvalue weighted by Crippen LogP contribution is 2.33. The van der Waals surface area contributed by atoms with E-state index in [1.54, 1.807) is 19.2 Å². The van der Waals surface area contributed by atoms with Gasteiger partial charge in [0.05, 0.1) is 12.0 Å². The Morgan fingerprint density at radius 3 is 2.33 bits per heavy atom. The minimum Gasteiger partial charge on any atom is -0.497 e. The maximum atomic E-state index is 13.3. The van der Waals surface area contributed by atoms with Crippen LogP contribution in [0.15, 0.2) is 62.9 Å². The van der Waals surface area contributed by atoms with E-state index in [1.165, 1.54) is 12.1 Å². The van der Waals surface area contributed by atoms with Crippen molar-refractivity contribution in [3.63, 3.8) is 0 Å². The number of piperidine rings is 1. The molecule has 1 saturated heterocycles. The predicted octanol–water partition coefficient (Wildman–Crippen LogP) is 4.75. The average molecular weight is 447 g/mol. The zero-order valence-electron chi connectivity index (χ0n) is 16.7. The molecule has 1 aliphatic rings. The quantitative estimate of drug-likeness (QED) is 0.544. The molecule has 0 aliphatic carbocycles. The second-order valence-corrected chi connectivity index (χ2v) is 9.55. The molecule has 0 atom stereocenters. The molecule has 6 nitrogen and oxygen atoms in total. The van der Waals surface area contributed by atoms with Crippen LogP contribution in [-0.4, -0.2) is 33.6 Å². The Bertz CT molecular complexity index is 1100. The molecule has 158 valence electrons. The van der Waals surface area contributed by atoms with Gasteiger partial charge in [-0.25, -0.2) is 8.42 Å². The van der Waals surface area contributed by atoms with Crippen molar-refractivity contribution in [2.75, 3.05) is 25.1 Å². The fourth-order valence-corrected chi connectivity index (χ4v) is 5.00. The Balaban J connectivity index is 1.72. The van der Waals surface area contributed by atoms with Gasteiger partial charge in [0.2, 0.25) is 26.6 Å². The van der Waals surface area contributed by atoms with Gasteiger partial charge in [-0.2, -0.15) is 4.98 Å². The first-order valence-corrected chi connectivity index (χ1v) is 11.7. The SMILES string of the molecule is COc1ccc(Cc2nc(S(=O)(=O)c3ccc(Cl)cc3)c(N3CCCCC3)o2)cc1. The summed E-state index contributed by atoms with van der Waals surface area (Å²) in [5, 5.41) is 0.445. The molecule has 0 bridgehead atoms. The van der Waals surface area contributed by atoms with Crippen LogP contribution in [0.3, 0.4) is 0 Å². The first kappa shape index (κ1) is 20.8. The van der Waals surface area contributed by atoms with E-state index in [0.717, 1.165) is 43.7 Å². The molecule has 1 aromatic heterocycles. The molecule has 0 spiro atoms. The molecular weight excluding hydrogens is 424 g/mol. The Kier molecular flexibility index (Phi) is 6.01. The number of oxazole rings is 1. The summed E-state index contributed by atoms with van der Waals surface area (Å²) in [5.41, 5.74) is 0.956. The van der Waals surface area contributed by atoms with Crippen molar-refractivity contribution >= 4 is 27.3 Å². The molecule has 1 fully saturated rings. The number of hydrogen-bond acceptors (Lipinski definition) is 6. The highest BCUT2D eigenvalue weighted by molar-refractivity contribution is 7.91. The van der Waals surface area contributed by atoms with E-state index in [2.05, 4.69) is 4.98 Å². The molecule has 0 unspecified atom stereocenters. The predicted molar refractivity (Wildman–Crippen MR) is 115 cm³/mol. The second kappa shape index (κ2) is 8.70. The Labute approximate surface area is 181 Å². The molecular formula is C22H23ClN2O4S. The minimum absolute atomic E-state index is 0.0322. The molecule has 2 heterocycles. The maximum absolute atomic E-state index is 13.3. The monoisotopic (exact) mass is 446 g/mol. The number of rotatable bonds is 6. The van der Waals surface area contributed by atoms with Gasteiger partial charge in [0.1, 0.15) is 5.75 Å². The molecule has 8 heteroatoms. The number of methoxy groups -OCH3 is 1. The van der Waals surface area contributed by atoms with E-state index < -0.39 is 9.84 Å². The molecule has 4 rings (SSSR count). The smallest absolute Gasteiger partial charge is 0.236 e. The van der Waals surface area contributed by atoms with Crippen LogP contribution in [0.2, 0.25) is 5.02 Å². The van der Waals surface area contributed by atoms with Gasteiger partial charge in [-0.05, 0) is 61.2 Å². The van der Waals surface area contributed by atoms with Gasteiger partial charge in [0.15, 0.2) is 0 Å². The molecule has 2 aromatic carbocycles. The second-order valence-electron chi connectivity index (χ2n) is 7.25. The Morgan fingerprint density at radius 2 is 1.70 bits per heavy atom. The van der Waals surface area contributed by atoms with Crippen molar-refractivity contribution in [2.45, 2.75) is 35.6 Å². The first-order valence-electron chi connectivity index (χ1n) is 9.85. The number of hydrogen-bond donors (Lipinski definition) is 0. The molecule has 30 heavy (non-hydrogen) atoms. The zero-order chi connectivity index (χ0) is 21.1. The summed E-state index contributed by atoms with van der Waals surface area (Å²) < 4.78 is 37.9. The summed E-state index contributed by atoms with van der Waals surface area (Å²) in [7, 11) is -2.23. The lowest BCUT2D eigenvalue weighted by Crippen LogP contribution is -2.30. The largest absolute Gasteiger partial charge is 0.497 e. The summed E-state index contributed by atoms with van der Waals surface area (Å²) in [5.74, 6) is 1.45. The van der Waals surface area contributed by atoms with E-state index in [9.17, 15) is 8.42 Å². The van der Waals surface area contributed by atoms with Gasteiger partial charge < -0.3 is 14.1 Å². The molecule has 0 N–H and O–H groups in total. The molecule has 1 aliphatic heterocycles. The summed E-state index contributed by atoms with van der Waals surface area (Å²) in [6, 6.07) is 13.7. The van der Waals surface area contributed by atoms with Crippen LogP contribution in [0.4, 0.5) is 5.88 Å². The third-order valence-corrected chi connectivity index (χ3v) is 7.08. The first-order chi connectivity index (χ1) is 14.5. The number of anilines is 1. The fourth-order valence-electron chi connectivity index (χ4n) is 3.53. The van der Waals surface area contributed by atoms with Crippen molar-refractivity contribution < 1.29 is 17.6 Å². The summed E-state index contributed by atoms with van der Waals surface area (Å²) in [6.07, 6.45) is 3.51. The number of aromatic nitrogens is 1. The lowest BCUT2D eigenvalue weighted by atomic mass is 10.1. The normalized spacial score (nSPS) is 14.7. The van der Waals surface area contributed by atoms with Gasteiger partial charge in [-0.1, -0.05) is 23.7 Å². The van der Waals surface area contributed by atoms with E-state index in [-0.39, 0.29) is 9.92 Å². The lowest BCUT2D eigenvalue weighted by Gasteiger charge is -2.26. The number of ether oxygens (including phenoxy) is 1. The van der Waals surface area contributed by atoms with E-state index >= 15 is 0 Å². The third kappa shape index (κ3) is 4.32. The van der Waals surface area contributed by atoms with Crippen LogP contribution in [0, 0.1) is 0 Å². The van der Waals surface area contributed by atoms with Crippen LogP contribution < -0.4 is 9.64 Å². The minimum atomic E-state index is -3.84. The van der Waals surface area contributed by atoms with Gasteiger partial charge in [0, 0.05) is 24.5 Å². The number of sulfone groups is 1. The van der Waals surface area contributed by atoms with Crippen LogP contribution in [0.25, 0.3) is 0 Å². The molecule has 3 aromatic rings. The van der Waals surface area contributed by atoms with Gasteiger partial charge in [-0.15, -0.1) is 0 Å². The lowest BCUT2D eigenvalue weighted by molar-refractivity contribution is 0.414. The van der Waals surface area contributed by atoms with Crippen molar-refractivity contribution in [3.05, 3.63) is 65.0 Å². The number of nitrogens with zero attached hydrogens (tertiary/aromatic N) is 2. The zero-order valence-corrected chi connectivity index (χ0v) is 18.2.